The molecule has 1 heterocycles. The normalized spacial score (nSPS) is 12.5. The highest BCUT2D eigenvalue weighted by Crippen LogP contribution is 2.27. The second kappa shape index (κ2) is 15.8. The van der Waals surface area contributed by atoms with E-state index in [0.717, 1.165) is 28.9 Å². The van der Waals surface area contributed by atoms with Crippen molar-refractivity contribution >= 4 is 5.97 Å². The topological polar surface area (TPSA) is 75.9 Å². The van der Waals surface area contributed by atoms with Crippen LogP contribution in [-0.4, -0.2) is 15.9 Å². The molecular weight excluding hydrogens is 482 g/mol. The number of aryl methyl sites for hydroxylation is 1. The van der Waals surface area contributed by atoms with Gasteiger partial charge in [-0.25, -0.2) is 14.8 Å². The summed E-state index contributed by atoms with van der Waals surface area (Å²) in [4.78, 5) is 21.5. The van der Waals surface area contributed by atoms with Crippen LogP contribution >= 0.6 is 0 Å². The molecule has 206 valence electrons. The Kier molecular flexibility index (Phi) is 12.2. The smallest absolute Gasteiger partial charge is 0.331 e. The molecule has 2 aromatic carbocycles. The van der Waals surface area contributed by atoms with Crippen molar-refractivity contribution in [3.8, 4) is 34.3 Å². The van der Waals surface area contributed by atoms with Gasteiger partial charge in [0.25, 0.3) is 0 Å². The second-order valence-corrected chi connectivity index (χ2v) is 10.6. The number of rotatable bonds is 16. The van der Waals surface area contributed by atoms with Gasteiger partial charge in [0, 0.05) is 18.0 Å². The van der Waals surface area contributed by atoms with Gasteiger partial charge in [-0.2, -0.15) is 5.26 Å². The van der Waals surface area contributed by atoms with Crippen LogP contribution < -0.4 is 4.74 Å². The highest BCUT2D eigenvalue weighted by Gasteiger charge is 2.33. The zero-order chi connectivity index (χ0) is 27.9. The maximum atomic E-state index is 12.3. The number of nitriles is 1. The number of hydrogen-bond acceptors (Lipinski definition) is 5. The van der Waals surface area contributed by atoms with Crippen LogP contribution in [0.1, 0.15) is 97.0 Å². The molecule has 0 aliphatic rings. The van der Waals surface area contributed by atoms with Gasteiger partial charge < -0.3 is 4.74 Å². The predicted octanol–water partition coefficient (Wildman–Crippen LogP) is 9.12. The molecule has 0 aliphatic carbocycles. The monoisotopic (exact) mass is 525 g/mol. The van der Waals surface area contributed by atoms with E-state index in [9.17, 15) is 10.1 Å². The highest BCUT2D eigenvalue weighted by atomic mass is 16.5. The Labute approximate surface area is 234 Å². The fourth-order valence-electron chi connectivity index (χ4n) is 4.47. The first-order valence-corrected chi connectivity index (χ1v) is 14.6. The highest BCUT2D eigenvalue weighted by molar-refractivity contribution is 5.81. The van der Waals surface area contributed by atoms with Crippen LogP contribution in [0.2, 0.25) is 0 Å². The summed E-state index contributed by atoms with van der Waals surface area (Å²) < 4.78 is 5.42. The van der Waals surface area contributed by atoms with Crippen LogP contribution in [0.25, 0.3) is 22.5 Å². The number of aromatic nitrogens is 2. The summed E-state index contributed by atoms with van der Waals surface area (Å²) in [5, 5.41) is 9.28. The van der Waals surface area contributed by atoms with Crippen molar-refractivity contribution in [1.29, 1.82) is 5.26 Å². The van der Waals surface area contributed by atoms with E-state index in [-0.39, 0.29) is 0 Å². The summed E-state index contributed by atoms with van der Waals surface area (Å²) in [6.07, 6.45) is 18.8. The number of esters is 1. The van der Waals surface area contributed by atoms with Gasteiger partial charge in [0.05, 0.1) is 6.07 Å². The van der Waals surface area contributed by atoms with Gasteiger partial charge in [-0.3, -0.25) is 0 Å². The molecule has 0 bridgehead atoms. The van der Waals surface area contributed by atoms with E-state index >= 15 is 0 Å². The summed E-state index contributed by atoms with van der Waals surface area (Å²) in [6, 6.07) is 17.5. The molecule has 1 aromatic heterocycles. The second-order valence-electron chi connectivity index (χ2n) is 10.6. The van der Waals surface area contributed by atoms with Crippen molar-refractivity contribution < 1.29 is 9.53 Å². The molecule has 0 radical (unpaired) electrons. The Morgan fingerprint density at radius 3 is 1.77 bits per heavy atom. The minimum Gasteiger partial charge on any atom is -0.425 e. The first-order valence-electron chi connectivity index (χ1n) is 14.6. The SMILES string of the molecule is CCCCCCCCCCCCc1cnc(-c2ccc(-c3ccc(OC(=O)C(C)(C#N)CC)cc3)cc2)nc1. The third-order valence-corrected chi connectivity index (χ3v) is 7.47. The van der Waals surface area contributed by atoms with E-state index < -0.39 is 11.4 Å². The van der Waals surface area contributed by atoms with Gasteiger partial charge in [-0.05, 0) is 55.0 Å². The summed E-state index contributed by atoms with van der Waals surface area (Å²) in [5.41, 5.74) is 3.09. The lowest BCUT2D eigenvalue weighted by molar-refractivity contribution is -0.141. The first kappa shape index (κ1) is 30.0. The lowest BCUT2D eigenvalue weighted by atomic mass is 9.90. The summed E-state index contributed by atoms with van der Waals surface area (Å²) in [6.45, 7) is 5.67. The van der Waals surface area contributed by atoms with E-state index in [4.69, 9.17) is 4.74 Å². The fraction of sp³-hybridized carbons (Fsp3) is 0.471. The average molecular weight is 526 g/mol. The van der Waals surface area contributed by atoms with Gasteiger partial charge >= 0.3 is 5.97 Å². The van der Waals surface area contributed by atoms with Crippen molar-refractivity contribution in [3.63, 3.8) is 0 Å². The Bertz CT molecular complexity index is 1180. The molecule has 0 spiro atoms. The molecule has 39 heavy (non-hydrogen) atoms. The molecule has 5 nitrogen and oxygen atoms in total. The molecule has 3 aromatic rings. The molecule has 5 heteroatoms. The van der Waals surface area contributed by atoms with Gasteiger partial charge in [-0.1, -0.05) is 108 Å². The lowest BCUT2D eigenvalue weighted by Gasteiger charge is -2.17. The third-order valence-electron chi connectivity index (χ3n) is 7.47. The zero-order valence-corrected chi connectivity index (χ0v) is 23.9. The molecule has 0 amide bonds. The molecular formula is C34H43N3O2. The van der Waals surface area contributed by atoms with Crippen molar-refractivity contribution in [1.82, 2.24) is 9.97 Å². The van der Waals surface area contributed by atoms with Gasteiger partial charge in [-0.15, -0.1) is 0 Å². The van der Waals surface area contributed by atoms with Crippen LogP contribution in [0.5, 0.6) is 5.75 Å². The largest absolute Gasteiger partial charge is 0.425 e. The van der Waals surface area contributed by atoms with Gasteiger partial charge in [0.1, 0.15) is 5.75 Å². The number of carbonyl (C=O) groups excluding carboxylic acids is 1. The van der Waals surface area contributed by atoms with Crippen molar-refractivity contribution in [3.05, 3.63) is 66.5 Å². The first-order chi connectivity index (χ1) is 19.0. The van der Waals surface area contributed by atoms with Crippen LogP contribution in [0, 0.1) is 16.7 Å². The summed E-state index contributed by atoms with van der Waals surface area (Å²) in [7, 11) is 0. The van der Waals surface area contributed by atoms with E-state index in [1.54, 1.807) is 26.0 Å². The van der Waals surface area contributed by atoms with Gasteiger partial charge in [0.15, 0.2) is 11.2 Å². The molecule has 0 saturated carbocycles. The molecule has 3 rings (SSSR count). The average Bonchev–Trinajstić information content (AvgIpc) is 2.98. The molecule has 1 unspecified atom stereocenters. The Morgan fingerprint density at radius 1 is 0.769 bits per heavy atom. The Hall–Kier alpha value is -3.52. The zero-order valence-electron chi connectivity index (χ0n) is 23.9. The maximum absolute atomic E-state index is 12.3. The number of ether oxygens (including phenoxy) is 1. The number of nitrogens with zero attached hydrogens (tertiary/aromatic N) is 3. The van der Waals surface area contributed by atoms with Crippen LogP contribution in [0.3, 0.4) is 0 Å². The van der Waals surface area contributed by atoms with Gasteiger partial charge in [0.2, 0.25) is 0 Å². The van der Waals surface area contributed by atoms with Crippen molar-refractivity contribution in [2.75, 3.05) is 0 Å². The number of carbonyl (C=O) groups is 1. The van der Waals surface area contributed by atoms with Crippen LogP contribution in [0.15, 0.2) is 60.9 Å². The Balaban J connectivity index is 1.45. The third kappa shape index (κ3) is 9.32. The summed E-state index contributed by atoms with van der Waals surface area (Å²) >= 11 is 0. The molecule has 0 aliphatic heterocycles. The molecule has 1 atom stereocenters. The number of unbranched alkanes of at least 4 members (excludes halogenated alkanes) is 9. The standard InChI is InChI=1S/C34H43N3O2/c1-4-6-7-8-9-10-11-12-13-14-15-27-24-36-32(37-25-27)30-18-16-28(17-19-30)29-20-22-31(23-21-29)39-33(38)34(3,5-2)26-35/h16-25H,4-15H2,1-3H3. The maximum Gasteiger partial charge on any atom is 0.331 e. The fourth-order valence-corrected chi connectivity index (χ4v) is 4.47. The quantitative estimate of drug-likeness (QED) is 0.106. The Morgan fingerprint density at radius 2 is 1.26 bits per heavy atom. The van der Waals surface area contributed by atoms with Crippen molar-refractivity contribution in [2.45, 2.75) is 97.8 Å². The van der Waals surface area contributed by atoms with E-state index in [2.05, 4.69) is 16.9 Å². The van der Waals surface area contributed by atoms with E-state index in [1.807, 2.05) is 54.9 Å². The molecule has 0 saturated heterocycles. The minimum atomic E-state index is -1.14. The molecule has 0 fully saturated rings. The van der Waals surface area contributed by atoms with E-state index in [1.165, 1.54) is 69.8 Å². The van der Waals surface area contributed by atoms with Crippen LogP contribution in [0.4, 0.5) is 0 Å². The van der Waals surface area contributed by atoms with Crippen molar-refractivity contribution in [2.24, 2.45) is 5.41 Å². The lowest BCUT2D eigenvalue weighted by Crippen LogP contribution is -2.29. The minimum absolute atomic E-state index is 0.401. The molecule has 0 N–H and O–H groups in total. The van der Waals surface area contributed by atoms with Crippen LogP contribution in [-0.2, 0) is 11.2 Å². The number of hydrogen-bond donors (Lipinski definition) is 0. The van der Waals surface area contributed by atoms with E-state index in [0.29, 0.717) is 12.2 Å². The summed E-state index contributed by atoms with van der Waals surface area (Å²) in [5.74, 6) is 0.632. The predicted molar refractivity (Wildman–Crippen MR) is 158 cm³/mol. The number of benzene rings is 2.